The lowest BCUT2D eigenvalue weighted by Crippen LogP contribution is -2.15. The van der Waals surface area contributed by atoms with Crippen LogP contribution in [0.5, 0.6) is 0 Å². The van der Waals surface area contributed by atoms with E-state index >= 15 is 0 Å². The van der Waals surface area contributed by atoms with Crippen molar-refractivity contribution in [2.24, 2.45) is 5.73 Å². The molecule has 112 valence electrons. The maximum atomic E-state index is 13.6. The Hall–Kier alpha value is -1.67. The maximum absolute atomic E-state index is 13.6. The van der Waals surface area contributed by atoms with Crippen molar-refractivity contribution in [1.29, 1.82) is 0 Å². The second-order valence-electron chi connectivity index (χ2n) is 6.34. The fourth-order valence-electron chi connectivity index (χ4n) is 2.48. The van der Waals surface area contributed by atoms with Crippen LogP contribution in [-0.2, 0) is 5.41 Å². The summed E-state index contributed by atoms with van der Waals surface area (Å²) in [5, 5.41) is 0. The van der Waals surface area contributed by atoms with Crippen molar-refractivity contribution in [3.05, 3.63) is 59.4 Å². The Morgan fingerprint density at radius 1 is 1.10 bits per heavy atom. The van der Waals surface area contributed by atoms with Crippen LogP contribution in [0.3, 0.4) is 0 Å². The van der Waals surface area contributed by atoms with Gasteiger partial charge in [0.15, 0.2) is 0 Å². The van der Waals surface area contributed by atoms with Crippen LogP contribution in [0, 0.1) is 5.82 Å². The molecule has 1 atom stereocenters. The molecule has 1 unspecified atom stereocenters. The Morgan fingerprint density at radius 2 is 1.71 bits per heavy atom. The van der Waals surface area contributed by atoms with Gasteiger partial charge in [-0.2, -0.15) is 0 Å². The molecule has 0 aliphatic heterocycles. The standard InChI is InChI=1S/C19H24FN/c1-5-19(3,4)15-8-6-14(7-9-15)18-12-16(20)10-11-17(18)13(2)21/h6-13H,5,21H2,1-4H3. The molecule has 0 saturated carbocycles. The summed E-state index contributed by atoms with van der Waals surface area (Å²) in [4.78, 5) is 0. The molecule has 2 heteroatoms. The second-order valence-corrected chi connectivity index (χ2v) is 6.34. The third-order valence-electron chi connectivity index (χ3n) is 4.37. The molecule has 0 amide bonds. The molecular weight excluding hydrogens is 261 g/mol. The number of benzene rings is 2. The van der Waals surface area contributed by atoms with Crippen LogP contribution in [0.2, 0.25) is 0 Å². The Labute approximate surface area is 127 Å². The number of hydrogen-bond acceptors (Lipinski definition) is 1. The lowest BCUT2D eigenvalue weighted by molar-refractivity contribution is 0.506. The zero-order chi connectivity index (χ0) is 15.6. The van der Waals surface area contributed by atoms with Gasteiger partial charge in [-0.1, -0.05) is 51.1 Å². The molecule has 1 nitrogen and oxygen atoms in total. The molecule has 21 heavy (non-hydrogen) atoms. The van der Waals surface area contributed by atoms with Gasteiger partial charge in [0, 0.05) is 6.04 Å². The monoisotopic (exact) mass is 285 g/mol. The van der Waals surface area contributed by atoms with Crippen LogP contribution >= 0.6 is 0 Å². The minimum Gasteiger partial charge on any atom is -0.324 e. The summed E-state index contributed by atoms with van der Waals surface area (Å²) < 4.78 is 13.6. The van der Waals surface area contributed by atoms with Crippen LogP contribution in [0.1, 0.15) is 51.3 Å². The average molecular weight is 285 g/mol. The fourth-order valence-corrected chi connectivity index (χ4v) is 2.48. The third-order valence-corrected chi connectivity index (χ3v) is 4.37. The van der Waals surface area contributed by atoms with Crippen molar-refractivity contribution in [3.63, 3.8) is 0 Å². The Morgan fingerprint density at radius 3 is 2.24 bits per heavy atom. The van der Waals surface area contributed by atoms with Gasteiger partial charge in [0.2, 0.25) is 0 Å². The quantitative estimate of drug-likeness (QED) is 0.821. The number of nitrogens with two attached hydrogens (primary N) is 1. The van der Waals surface area contributed by atoms with Crippen LogP contribution in [0.15, 0.2) is 42.5 Å². The molecule has 2 rings (SSSR count). The average Bonchev–Trinajstić information content (AvgIpc) is 2.47. The molecule has 0 aliphatic rings. The molecule has 2 aromatic rings. The zero-order valence-electron chi connectivity index (χ0n) is 13.3. The first-order chi connectivity index (χ1) is 9.85. The molecule has 0 radical (unpaired) electrons. The Kier molecular flexibility index (Phi) is 4.48. The summed E-state index contributed by atoms with van der Waals surface area (Å²) in [6.45, 7) is 8.58. The highest BCUT2D eigenvalue weighted by Gasteiger charge is 2.18. The number of hydrogen-bond donors (Lipinski definition) is 1. The molecule has 0 saturated heterocycles. The van der Waals surface area contributed by atoms with Gasteiger partial charge in [0.25, 0.3) is 0 Å². The highest BCUT2D eigenvalue weighted by Crippen LogP contribution is 2.32. The molecular formula is C19H24FN. The molecule has 0 bridgehead atoms. The second kappa shape index (κ2) is 5.98. The van der Waals surface area contributed by atoms with Gasteiger partial charge in [0.1, 0.15) is 5.82 Å². The van der Waals surface area contributed by atoms with Crippen molar-refractivity contribution >= 4 is 0 Å². The van der Waals surface area contributed by atoms with E-state index in [1.807, 2.05) is 6.92 Å². The lowest BCUT2D eigenvalue weighted by atomic mass is 9.81. The predicted octanol–water partition coefficient (Wildman–Crippen LogP) is 5.20. The van der Waals surface area contributed by atoms with Gasteiger partial charge in [-0.25, -0.2) is 4.39 Å². The minimum atomic E-state index is -0.229. The summed E-state index contributed by atoms with van der Waals surface area (Å²) >= 11 is 0. The van der Waals surface area contributed by atoms with E-state index in [1.54, 1.807) is 12.1 Å². The number of rotatable bonds is 4. The van der Waals surface area contributed by atoms with E-state index < -0.39 is 0 Å². The first-order valence-electron chi connectivity index (χ1n) is 7.51. The Balaban J connectivity index is 2.46. The van der Waals surface area contributed by atoms with E-state index in [2.05, 4.69) is 45.0 Å². The van der Waals surface area contributed by atoms with Crippen LogP contribution < -0.4 is 5.73 Å². The van der Waals surface area contributed by atoms with Gasteiger partial charge in [-0.05, 0) is 53.1 Å². The van der Waals surface area contributed by atoms with Gasteiger partial charge < -0.3 is 5.73 Å². The van der Waals surface area contributed by atoms with Crippen molar-refractivity contribution < 1.29 is 4.39 Å². The van der Waals surface area contributed by atoms with E-state index in [1.165, 1.54) is 11.6 Å². The normalized spacial score (nSPS) is 13.2. The largest absolute Gasteiger partial charge is 0.324 e. The predicted molar refractivity (Wildman–Crippen MR) is 87.8 cm³/mol. The van der Waals surface area contributed by atoms with Gasteiger partial charge in [0.05, 0.1) is 0 Å². The van der Waals surface area contributed by atoms with E-state index in [0.29, 0.717) is 0 Å². The van der Waals surface area contributed by atoms with Crippen molar-refractivity contribution in [2.75, 3.05) is 0 Å². The summed E-state index contributed by atoms with van der Waals surface area (Å²) in [5.41, 5.74) is 10.3. The molecule has 0 heterocycles. The van der Waals surface area contributed by atoms with E-state index in [9.17, 15) is 4.39 Å². The van der Waals surface area contributed by atoms with Crippen molar-refractivity contribution in [3.8, 4) is 11.1 Å². The highest BCUT2D eigenvalue weighted by molar-refractivity contribution is 5.68. The van der Waals surface area contributed by atoms with Crippen LogP contribution in [0.25, 0.3) is 11.1 Å². The third kappa shape index (κ3) is 3.33. The molecule has 0 aliphatic carbocycles. The van der Waals surface area contributed by atoms with E-state index in [-0.39, 0.29) is 17.3 Å². The van der Waals surface area contributed by atoms with Crippen molar-refractivity contribution in [1.82, 2.24) is 0 Å². The van der Waals surface area contributed by atoms with Gasteiger partial charge >= 0.3 is 0 Å². The lowest BCUT2D eigenvalue weighted by Gasteiger charge is -2.23. The minimum absolute atomic E-state index is 0.118. The molecule has 0 aromatic heterocycles. The summed E-state index contributed by atoms with van der Waals surface area (Å²) in [5.74, 6) is -0.229. The SMILES string of the molecule is CCC(C)(C)c1ccc(-c2cc(F)ccc2C(C)N)cc1. The highest BCUT2D eigenvalue weighted by atomic mass is 19.1. The fraction of sp³-hybridized carbons (Fsp3) is 0.368. The molecule has 0 spiro atoms. The zero-order valence-corrected chi connectivity index (χ0v) is 13.3. The number of halogens is 1. The summed E-state index contributed by atoms with van der Waals surface area (Å²) in [7, 11) is 0. The summed E-state index contributed by atoms with van der Waals surface area (Å²) in [6, 6.07) is 13.1. The maximum Gasteiger partial charge on any atom is 0.123 e. The van der Waals surface area contributed by atoms with E-state index in [4.69, 9.17) is 5.73 Å². The molecule has 0 fully saturated rings. The van der Waals surface area contributed by atoms with Gasteiger partial charge in [-0.3, -0.25) is 0 Å². The van der Waals surface area contributed by atoms with Crippen LogP contribution in [-0.4, -0.2) is 0 Å². The van der Waals surface area contributed by atoms with Crippen LogP contribution in [0.4, 0.5) is 4.39 Å². The first kappa shape index (κ1) is 15.7. The van der Waals surface area contributed by atoms with Crippen molar-refractivity contribution in [2.45, 2.75) is 45.6 Å². The molecule has 2 aromatic carbocycles. The van der Waals surface area contributed by atoms with Gasteiger partial charge in [-0.15, -0.1) is 0 Å². The first-order valence-corrected chi connectivity index (χ1v) is 7.51. The topological polar surface area (TPSA) is 26.0 Å². The molecule has 2 N–H and O–H groups in total. The van der Waals surface area contributed by atoms with E-state index in [0.717, 1.165) is 23.1 Å². The summed E-state index contributed by atoms with van der Waals surface area (Å²) in [6.07, 6.45) is 1.08. The Bertz CT molecular complexity index is 612. The smallest absolute Gasteiger partial charge is 0.123 e.